The number of benzene rings is 2. The Balaban J connectivity index is 1.80. The Labute approximate surface area is 138 Å². The molecule has 0 unspecified atom stereocenters. The van der Waals surface area contributed by atoms with E-state index in [4.69, 9.17) is 5.26 Å². The van der Waals surface area contributed by atoms with Crippen molar-refractivity contribution in [3.8, 4) is 6.07 Å². The van der Waals surface area contributed by atoms with Crippen LogP contribution in [0.4, 0.5) is 0 Å². The van der Waals surface area contributed by atoms with Crippen molar-refractivity contribution in [1.29, 1.82) is 5.26 Å². The van der Waals surface area contributed by atoms with Crippen molar-refractivity contribution in [3.05, 3.63) is 65.2 Å². The zero-order valence-electron chi connectivity index (χ0n) is 12.5. The number of hydrogen-bond donors (Lipinski definition) is 2. The van der Waals surface area contributed by atoms with Crippen molar-refractivity contribution in [1.82, 2.24) is 10.9 Å². The fourth-order valence-electron chi connectivity index (χ4n) is 1.75. The highest BCUT2D eigenvalue weighted by atomic mass is 32.2. The summed E-state index contributed by atoms with van der Waals surface area (Å²) in [5.74, 6) is -0.571. The van der Waals surface area contributed by atoms with Crippen LogP contribution < -0.4 is 10.9 Å². The van der Waals surface area contributed by atoms with Crippen LogP contribution >= 0.6 is 11.8 Å². The third-order valence-corrected chi connectivity index (χ3v) is 3.97. The van der Waals surface area contributed by atoms with Crippen LogP contribution in [-0.4, -0.2) is 17.6 Å². The van der Waals surface area contributed by atoms with E-state index < -0.39 is 5.91 Å². The molecule has 0 heterocycles. The third-order valence-electron chi connectivity index (χ3n) is 2.96. The van der Waals surface area contributed by atoms with Crippen LogP contribution in [0.2, 0.25) is 0 Å². The van der Waals surface area contributed by atoms with Gasteiger partial charge in [0.2, 0.25) is 5.91 Å². The summed E-state index contributed by atoms with van der Waals surface area (Å²) in [5, 5.41) is 8.80. The van der Waals surface area contributed by atoms with Crippen molar-refractivity contribution >= 4 is 23.6 Å². The average molecular weight is 325 g/mol. The highest BCUT2D eigenvalue weighted by Gasteiger charge is 2.08. The Morgan fingerprint density at radius 2 is 1.87 bits per heavy atom. The number of thioether (sulfide) groups is 1. The molecule has 0 radical (unpaired) electrons. The summed E-state index contributed by atoms with van der Waals surface area (Å²) in [5.41, 5.74) is 6.55. The quantitative estimate of drug-likeness (QED) is 0.668. The number of hydrogen-bond acceptors (Lipinski definition) is 4. The standard InChI is InChI=1S/C17H15N3O2S/c1-12-5-7-15(8-6-12)23-11-16(21)19-20-17(22)14-4-2-3-13(9-14)10-18/h2-9H,11H2,1H3,(H,19,21)(H,20,22). The normalized spacial score (nSPS) is 9.74. The van der Waals surface area contributed by atoms with E-state index in [2.05, 4.69) is 10.9 Å². The molecule has 6 heteroatoms. The van der Waals surface area contributed by atoms with E-state index in [9.17, 15) is 9.59 Å². The van der Waals surface area contributed by atoms with E-state index >= 15 is 0 Å². The van der Waals surface area contributed by atoms with E-state index in [-0.39, 0.29) is 11.7 Å². The Morgan fingerprint density at radius 1 is 1.13 bits per heavy atom. The lowest BCUT2D eigenvalue weighted by atomic mass is 10.1. The molecule has 0 saturated heterocycles. The van der Waals surface area contributed by atoms with Gasteiger partial charge in [0.05, 0.1) is 17.4 Å². The van der Waals surface area contributed by atoms with Crippen LogP contribution in [0.5, 0.6) is 0 Å². The molecule has 5 nitrogen and oxygen atoms in total. The lowest BCUT2D eigenvalue weighted by Gasteiger charge is -2.07. The highest BCUT2D eigenvalue weighted by Crippen LogP contribution is 2.17. The van der Waals surface area contributed by atoms with Gasteiger partial charge in [-0.05, 0) is 37.3 Å². The Kier molecular flexibility index (Phi) is 5.78. The van der Waals surface area contributed by atoms with Gasteiger partial charge >= 0.3 is 0 Å². The molecule has 0 atom stereocenters. The second kappa shape index (κ2) is 8.01. The van der Waals surface area contributed by atoms with Crippen LogP contribution in [0.25, 0.3) is 0 Å². The molecule has 0 fully saturated rings. The first kappa shape index (κ1) is 16.6. The van der Waals surface area contributed by atoms with Crippen LogP contribution in [0.3, 0.4) is 0 Å². The molecular weight excluding hydrogens is 310 g/mol. The minimum atomic E-state index is -0.462. The Hall–Kier alpha value is -2.78. The summed E-state index contributed by atoms with van der Waals surface area (Å²) in [6.45, 7) is 2.00. The molecule has 0 aliphatic rings. The molecule has 0 aliphatic carbocycles. The van der Waals surface area contributed by atoms with Crippen LogP contribution in [-0.2, 0) is 4.79 Å². The molecular formula is C17H15N3O2S. The number of carbonyl (C=O) groups excluding carboxylic acids is 2. The van der Waals surface area contributed by atoms with Gasteiger partial charge in [-0.25, -0.2) is 0 Å². The summed E-state index contributed by atoms with van der Waals surface area (Å²) < 4.78 is 0. The molecule has 0 aromatic heterocycles. The van der Waals surface area contributed by atoms with Gasteiger partial charge in [0.25, 0.3) is 5.91 Å². The SMILES string of the molecule is Cc1ccc(SCC(=O)NNC(=O)c2cccc(C#N)c2)cc1. The monoisotopic (exact) mass is 325 g/mol. The highest BCUT2D eigenvalue weighted by molar-refractivity contribution is 8.00. The predicted octanol–water partition coefficient (Wildman–Crippen LogP) is 2.42. The third kappa shape index (κ3) is 5.16. The predicted molar refractivity (Wildman–Crippen MR) is 88.7 cm³/mol. The maximum absolute atomic E-state index is 11.9. The fraction of sp³-hybridized carbons (Fsp3) is 0.118. The summed E-state index contributed by atoms with van der Waals surface area (Å²) in [7, 11) is 0. The molecule has 2 rings (SSSR count). The van der Waals surface area contributed by atoms with Gasteiger partial charge < -0.3 is 0 Å². The number of rotatable bonds is 4. The van der Waals surface area contributed by atoms with Gasteiger partial charge in [-0.1, -0.05) is 23.8 Å². The van der Waals surface area contributed by atoms with Gasteiger partial charge in [-0.2, -0.15) is 5.26 Å². The molecule has 2 aromatic rings. The van der Waals surface area contributed by atoms with Crippen LogP contribution in [0, 0.1) is 18.3 Å². The molecule has 2 N–H and O–H groups in total. The molecule has 23 heavy (non-hydrogen) atoms. The summed E-state index contributed by atoms with van der Waals surface area (Å²) in [6, 6.07) is 16.1. The summed E-state index contributed by atoms with van der Waals surface area (Å²) in [4.78, 5) is 24.6. The van der Waals surface area contributed by atoms with Crippen molar-refractivity contribution in [2.45, 2.75) is 11.8 Å². The lowest BCUT2D eigenvalue weighted by Crippen LogP contribution is -2.42. The second-order valence-electron chi connectivity index (χ2n) is 4.80. The van der Waals surface area contributed by atoms with Gasteiger partial charge in [-0.15, -0.1) is 11.8 Å². The molecule has 116 valence electrons. The first-order valence-electron chi connectivity index (χ1n) is 6.87. The second-order valence-corrected chi connectivity index (χ2v) is 5.85. The van der Waals surface area contributed by atoms with Crippen LogP contribution in [0.1, 0.15) is 21.5 Å². The molecule has 0 saturated carbocycles. The molecule has 0 bridgehead atoms. The topological polar surface area (TPSA) is 82.0 Å². The molecule has 0 aliphatic heterocycles. The Morgan fingerprint density at radius 3 is 2.57 bits per heavy atom. The van der Waals surface area contributed by atoms with E-state index in [0.29, 0.717) is 11.1 Å². The number of nitrogens with zero attached hydrogens (tertiary/aromatic N) is 1. The maximum atomic E-state index is 11.9. The van der Waals surface area contributed by atoms with E-state index in [0.717, 1.165) is 10.5 Å². The van der Waals surface area contributed by atoms with Gasteiger partial charge in [0.1, 0.15) is 0 Å². The van der Waals surface area contributed by atoms with Gasteiger partial charge in [-0.3, -0.25) is 20.4 Å². The van der Waals surface area contributed by atoms with Gasteiger partial charge in [0.15, 0.2) is 0 Å². The van der Waals surface area contributed by atoms with E-state index in [1.807, 2.05) is 37.3 Å². The van der Waals surface area contributed by atoms with Crippen molar-refractivity contribution in [3.63, 3.8) is 0 Å². The Bertz CT molecular complexity index is 751. The minimum Gasteiger partial charge on any atom is -0.272 e. The smallest absolute Gasteiger partial charge is 0.269 e. The first-order chi connectivity index (χ1) is 11.1. The fourth-order valence-corrected chi connectivity index (χ4v) is 2.45. The number of hydrazine groups is 1. The molecule has 0 spiro atoms. The number of amides is 2. The zero-order valence-corrected chi connectivity index (χ0v) is 13.3. The summed E-state index contributed by atoms with van der Waals surface area (Å²) >= 11 is 1.38. The van der Waals surface area contributed by atoms with E-state index in [1.54, 1.807) is 18.2 Å². The number of nitriles is 1. The number of nitrogens with one attached hydrogen (secondary N) is 2. The number of carbonyl (C=O) groups is 2. The molecule has 2 amide bonds. The van der Waals surface area contributed by atoms with Gasteiger partial charge in [0, 0.05) is 10.5 Å². The van der Waals surface area contributed by atoms with E-state index in [1.165, 1.54) is 17.8 Å². The lowest BCUT2D eigenvalue weighted by molar-refractivity contribution is -0.119. The minimum absolute atomic E-state index is 0.196. The maximum Gasteiger partial charge on any atom is 0.269 e. The summed E-state index contributed by atoms with van der Waals surface area (Å²) in [6.07, 6.45) is 0. The average Bonchev–Trinajstić information content (AvgIpc) is 2.59. The van der Waals surface area contributed by atoms with Crippen molar-refractivity contribution in [2.75, 3.05) is 5.75 Å². The number of aryl methyl sites for hydroxylation is 1. The van der Waals surface area contributed by atoms with Crippen molar-refractivity contribution < 1.29 is 9.59 Å². The molecule has 2 aromatic carbocycles. The van der Waals surface area contributed by atoms with Crippen LogP contribution in [0.15, 0.2) is 53.4 Å². The first-order valence-corrected chi connectivity index (χ1v) is 7.86. The van der Waals surface area contributed by atoms with Crippen molar-refractivity contribution in [2.24, 2.45) is 0 Å². The largest absolute Gasteiger partial charge is 0.272 e. The zero-order chi connectivity index (χ0) is 16.7.